The van der Waals surface area contributed by atoms with Crippen LogP contribution in [-0.2, 0) is 76.9 Å². The molecule has 0 radical (unpaired) electrons. The van der Waals surface area contributed by atoms with Crippen LogP contribution in [0.25, 0.3) is 10.9 Å². The van der Waals surface area contributed by atoms with Crippen LogP contribution in [0.3, 0.4) is 0 Å². The van der Waals surface area contributed by atoms with Crippen molar-refractivity contribution < 1.29 is 77.6 Å². The number of alkyl carbamates (subject to hydrolysis) is 1. The van der Waals surface area contributed by atoms with Gasteiger partial charge in [0, 0.05) is 69.3 Å². The molecule has 1 saturated heterocycles. The highest BCUT2D eigenvalue weighted by molar-refractivity contribution is 5.99. The Hall–Kier alpha value is -10.3. The molecule has 4 aromatic rings. The Kier molecular flexibility index (Phi) is 31.0. The van der Waals surface area contributed by atoms with Gasteiger partial charge in [-0.25, -0.2) is 4.79 Å². The van der Waals surface area contributed by atoms with E-state index in [-0.39, 0.29) is 88.2 Å². The highest BCUT2D eigenvalue weighted by Crippen LogP contribution is 2.22. The molecule has 0 spiro atoms. The first-order valence-electron chi connectivity index (χ1n) is 30.3. The Balaban J connectivity index is 0.00000447. The summed E-state index contributed by atoms with van der Waals surface area (Å²) in [6.45, 7) is 5.79. The molecule has 3 aromatic carbocycles. The van der Waals surface area contributed by atoms with E-state index in [4.69, 9.17) is 37.6 Å². The van der Waals surface area contributed by atoms with E-state index in [1.165, 1.54) is 29.2 Å². The van der Waals surface area contributed by atoms with Gasteiger partial charge in [0.15, 0.2) is 5.96 Å². The number of aliphatic hydroxyl groups is 1. The summed E-state index contributed by atoms with van der Waals surface area (Å²) in [6.07, 6.45) is -0.389. The van der Waals surface area contributed by atoms with Crippen molar-refractivity contribution in [2.24, 2.45) is 33.8 Å². The molecule has 1 aliphatic heterocycles. The van der Waals surface area contributed by atoms with Crippen LogP contribution in [0.4, 0.5) is 4.79 Å². The Morgan fingerprint density at radius 1 is 0.645 bits per heavy atom. The topological polar surface area (TPSA) is 506 Å². The van der Waals surface area contributed by atoms with Gasteiger partial charge in [-0.15, -0.1) is 0 Å². The Morgan fingerprint density at radius 3 is 1.74 bits per heavy atom. The van der Waals surface area contributed by atoms with Crippen molar-refractivity contribution in [3.8, 4) is 5.75 Å². The predicted molar refractivity (Wildman–Crippen MR) is 339 cm³/mol. The number of phenolic OH excluding ortho intramolecular Hbond substituents is 1. The van der Waals surface area contributed by atoms with Gasteiger partial charge in [-0.1, -0.05) is 74.5 Å². The number of likely N-dealkylation sites (tertiary alicyclic amines) is 1. The number of carbonyl (C=O) groups is 12. The number of aromatic amines is 1. The van der Waals surface area contributed by atoms with Crippen LogP contribution in [0.5, 0.6) is 5.75 Å². The zero-order valence-corrected chi connectivity index (χ0v) is 52.4. The number of carbonyl (C=O) groups excluding carboxylic acids is 11. The first-order chi connectivity index (χ1) is 44.2. The molecule has 31 heteroatoms. The number of aromatic hydroxyl groups is 1. The second-order valence-electron chi connectivity index (χ2n) is 22.4. The number of hydrogen-bond donors (Lipinski definition) is 16. The van der Waals surface area contributed by atoms with Crippen molar-refractivity contribution >= 4 is 88.0 Å². The molecule has 20 N–H and O–H groups in total. The van der Waals surface area contributed by atoms with Crippen LogP contribution in [0.1, 0.15) is 102 Å². The molecule has 0 aliphatic carbocycles. The molecule has 1 aromatic heterocycles. The largest absolute Gasteiger partial charge is 0.508 e. The number of fused-ring (bicyclic) bond motifs is 1. The first kappa shape index (κ1) is 75.1. The number of aliphatic carboxylic acids is 1. The predicted octanol–water partition coefficient (Wildman–Crippen LogP) is -1.30. The minimum Gasteiger partial charge on any atom is -0.508 e. The number of amides is 11. The lowest BCUT2D eigenvalue weighted by Crippen LogP contribution is -2.61. The van der Waals surface area contributed by atoms with Gasteiger partial charge in [-0.05, 0) is 92.7 Å². The number of nitrogens with zero attached hydrogens (tertiary/aromatic N) is 2. The fraction of sp³-hybridized carbons (Fsp3) is 0.468. The van der Waals surface area contributed by atoms with Gasteiger partial charge >= 0.3 is 6.09 Å². The van der Waals surface area contributed by atoms with Crippen molar-refractivity contribution in [1.29, 1.82) is 0 Å². The van der Waals surface area contributed by atoms with Gasteiger partial charge < -0.3 is 95.4 Å². The second-order valence-corrected chi connectivity index (χ2v) is 22.4. The summed E-state index contributed by atoms with van der Waals surface area (Å²) in [5.41, 5.74) is 24.2. The van der Waals surface area contributed by atoms with Gasteiger partial charge in [-0.2, -0.15) is 0 Å². The molecule has 1 fully saturated rings. The third-order valence-corrected chi connectivity index (χ3v) is 14.5. The molecule has 93 heavy (non-hydrogen) atoms. The van der Waals surface area contributed by atoms with Crippen molar-refractivity contribution in [2.75, 3.05) is 26.2 Å². The quantitative estimate of drug-likeness (QED) is 0.0145. The number of guanidine groups is 1. The highest BCUT2D eigenvalue weighted by atomic mass is 16.5. The Labute approximate surface area is 537 Å². The molecule has 506 valence electrons. The third kappa shape index (κ3) is 26.2. The van der Waals surface area contributed by atoms with Gasteiger partial charge in [-0.3, -0.25) is 57.7 Å². The molecule has 8 atom stereocenters. The maximum Gasteiger partial charge on any atom is 0.408 e. The number of rotatable bonds is 35. The average molecular weight is 1300 g/mol. The van der Waals surface area contributed by atoms with Crippen LogP contribution in [0.15, 0.2) is 90.1 Å². The number of likely N-dealkylation sites (N-methyl/N-ethyl adjacent to an activating group) is 1. The van der Waals surface area contributed by atoms with E-state index in [2.05, 4.69) is 52.5 Å². The van der Waals surface area contributed by atoms with Crippen LogP contribution >= 0.6 is 0 Å². The van der Waals surface area contributed by atoms with E-state index in [1.807, 2.05) is 0 Å². The summed E-state index contributed by atoms with van der Waals surface area (Å²) in [5, 5.41) is 49.6. The zero-order valence-electron chi connectivity index (χ0n) is 52.4. The minimum absolute atomic E-state index is 0.00489. The highest BCUT2D eigenvalue weighted by Gasteiger charge is 2.39. The lowest BCUT2D eigenvalue weighted by Gasteiger charge is -2.30. The number of aliphatic imine (C=N–C) groups is 1. The van der Waals surface area contributed by atoms with E-state index in [9.17, 15) is 63.0 Å². The maximum atomic E-state index is 14.6. The maximum absolute atomic E-state index is 14.6. The van der Waals surface area contributed by atoms with E-state index >= 15 is 0 Å². The number of nitrogens with two attached hydrogens (primary N) is 4. The van der Waals surface area contributed by atoms with Gasteiger partial charge in [0.25, 0.3) is 5.97 Å². The zero-order chi connectivity index (χ0) is 68.7. The summed E-state index contributed by atoms with van der Waals surface area (Å²) in [6, 6.07) is 9.70. The van der Waals surface area contributed by atoms with E-state index < -0.39 is 133 Å². The van der Waals surface area contributed by atoms with Gasteiger partial charge in [0.1, 0.15) is 60.7 Å². The monoisotopic (exact) mass is 1300 g/mol. The average Bonchev–Trinajstić information content (AvgIpc) is 1.89. The number of hydrogen-bond acceptors (Lipinski definition) is 16. The van der Waals surface area contributed by atoms with Gasteiger partial charge in [0.05, 0.1) is 6.61 Å². The van der Waals surface area contributed by atoms with Gasteiger partial charge in [0.2, 0.25) is 59.1 Å². The minimum atomic E-state index is -1.84. The SMILES string of the molecule is CC(=O)O.CCNC(=O)[C@@H]1CCCN1C(=O)[C@H](CCCN=C(N)N)NC(=O)[C@H](CC(C)C)NC(=O)[C@@H](CCC(N)=O)NC(=O)[C@H](Cc1ccc(O)cc1)NC(=O)[C@H](CO)NC(=O)[C@H](Cc1c[nH]c2ccccc12)NC(=O)[C@H](CCC(N)=O)NC(=O)OCc1ccccc1. The van der Waals surface area contributed by atoms with E-state index in [0.717, 1.165) is 6.92 Å². The number of primary amides is 2. The van der Waals surface area contributed by atoms with Crippen molar-refractivity contribution in [3.05, 3.63) is 102 Å². The van der Waals surface area contributed by atoms with Crippen LogP contribution < -0.4 is 65.5 Å². The number of H-pyrrole nitrogens is 1. The number of benzene rings is 3. The van der Waals surface area contributed by atoms with Crippen molar-refractivity contribution in [3.63, 3.8) is 0 Å². The van der Waals surface area contributed by atoms with Crippen molar-refractivity contribution in [2.45, 2.75) is 153 Å². The number of phenols is 1. The lowest BCUT2D eigenvalue weighted by molar-refractivity contribution is -0.142. The summed E-state index contributed by atoms with van der Waals surface area (Å²) < 4.78 is 5.32. The molecule has 2 heterocycles. The summed E-state index contributed by atoms with van der Waals surface area (Å²) >= 11 is 0. The van der Waals surface area contributed by atoms with Crippen LogP contribution in [0.2, 0.25) is 0 Å². The molecular weight excluding hydrogens is 1210 g/mol. The molecule has 11 amide bonds. The smallest absolute Gasteiger partial charge is 0.408 e. The molecule has 5 rings (SSSR count). The number of aromatic nitrogens is 1. The number of nitrogens with one attached hydrogen (secondary N) is 9. The fourth-order valence-electron chi connectivity index (χ4n) is 9.91. The number of aliphatic hydroxyl groups excluding tert-OH is 1. The molecule has 0 bridgehead atoms. The molecule has 31 nitrogen and oxygen atoms in total. The normalized spacial score (nSPS) is 14.7. The molecule has 1 aliphatic rings. The summed E-state index contributed by atoms with van der Waals surface area (Å²) in [5.74, 6) is -9.90. The Morgan fingerprint density at radius 2 is 1.16 bits per heavy atom. The number of carboxylic acid groups (broad SMARTS) is 1. The summed E-state index contributed by atoms with van der Waals surface area (Å²) in [7, 11) is 0. The lowest BCUT2D eigenvalue weighted by atomic mass is 10.00. The number of para-hydroxylation sites is 1. The standard InChI is InChI=1S/C60H83N15O14.C2H4O2/c1-4-65-57(86)48-17-11-27-75(48)58(87)43(16-10-26-66-59(63)64)69-53(82)44(28-34(2)3)70-51(80)41(22-24-49(61)78)68-54(83)45(29-35-18-20-38(77)21-19-35)71-56(85)47(32-76)73-55(84)46(30-37-31-67-40-15-9-8-14-39(37)40)72-52(81)42(23-25-50(62)79)74-60(88)89-33-36-12-6-5-7-13-36;1-2(3)4/h5-9,12-15,18-21,31,34,41-48,67,76-77H,4,10-11,16-17,22-30,32-33H2,1-3H3,(H2,61,78)(H2,62,79)(H,65,86)(H,68,83)(H,69,82)(H,70,80)(H,71,85)(H,72,81)(H,73,84)(H,74,88)(H4,63,64,66);1H3,(H,3,4)/t41-,42+,43+,44+,45+,46+,47+,48+;/m1./s1. The fourth-order valence-corrected chi connectivity index (χ4v) is 9.91. The molecular formula is C62H87N15O16. The number of ether oxygens (including phenoxy) is 1. The van der Waals surface area contributed by atoms with E-state index in [0.29, 0.717) is 47.0 Å². The molecule has 0 unspecified atom stereocenters. The first-order valence-corrected chi connectivity index (χ1v) is 30.3. The Bertz CT molecular complexity index is 3230. The van der Waals surface area contributed by atoms with Crippen molar-refractivity contribution in [1.82, 2.24) is 52.4 Å². The third-order valence-electron chi connectivity index (χ3n) is 14.5. The molecule has 0 saturated carbocycles. The van der Waals surface area contributed by atoms with E-state index in [1.54, 1.807) is 81.6 Å². The second kappa shape index (κ2) is 38.4. The summed E-state index contributed by atoms with van der Waals surface area (Å²) in [4.78, 5) is 168. The van der Waals surface area contributed by atoms with Crippen LogP contribution in [-0.4, -0.2) is 177 Å². The van der Waals surface area contributed by atoms with Crippen LogP contribution in [0, 0.1) is 5.92 Å². The number of carboxylic acids is 1.